The van der Waals surface area contributed by atoms with Crippen molar-refractivity contribution >= 4 is 63.0 Å². The van der Waals surface area contributed by atoms with Crippen LogP contribution in [0.25, 0.3) is 84.9 Å². The Morgan fingerprint density at radius 3 is 1.11 bits per heavy atom. The Kier molecular flexibility index (Phi) is 4.18. The fourth-order valence-corrected chi connectivity index (χ4v) is 8.94. The van der Waals surface area contributed by atoms with Crippen LogP contribution in [0.2, 0.25) is 0 Å². The predicted molar refractivity (Wildman–Crippen MR) is 168 cm³/mol. The summed E-state index contributed by atoms with van der Waals surface area (Å²) in [5, 5.41) is 5.38. The largest absolute Gasteiger partial charge is 0.135 e. The standard InChI is InChI=1S/C36H20S2/c1-3-11-23-21(9-1)22-10-2-4-12-24(22)28-18-20-30-26-14-6-8-16-32(26)38-36(30)34(28)33-27(23)17-19-29-25-13-5-7-15-31(25)37-35(29)33/h1-20H. The van der Waals surface area contributed by atoms with E-state index in [1.165, 1.54) is 84.9 Å². The molecular weight excluding hydrogens is 497 g/mol. The van der Waals surface area contributed by atoms with Crippen molar-refractivity contribution in [2.75, 3.05) is 0 Å². The van der Waals surface area contributed by atoms with Crippen LogP contribution in [-0.2, 0) is 0 Å². The van der Waals surface area contributed by atoms with E-state index in [0.29, 0.717) is 0 Å². The SMILES string of the molecule is c1ccc2c(c1)-c1ccccc1-c1ccc3c(sc4ccccc43)c1-c1c-2ccc2c1sc1ccccc12. The van der Waals surface area contributed by atoms with Crippen molar-refractivity contribution in [3.8, 4) is 44.5 Å². The van der Waals surface area contributed by atoms with E-state index in [1.54, 1.807) is 0 Å². The van der Waals surface area contributed by atoms with Crippen LogP contribution in [0.15, 0.2) is 121 Å². The Hall–Kier alpha value is -4.24. The summed E-state index contributed by atoms with van der Waals surface area (Å²) >= 11 is 3.86. The molecule has 0 spiro atoms. The minimum absolute atomic E-state index is 1.30. The number of benzene rings is 6. The molecule has 8 aromatic rings. The van der Waals surface area contributed by atoms with Crippen molar-refractivity contribution in [3.05, 3.63) is 121 Å². The molecule has 0 N–H and O–H groups in total. The quantitative estimate of drug-likeness (QED) is 0.188. The van der Waals surface area contributed by atoms with Gasteiger partial charge in [0.15, 0.2) is 0 Å². The second kappa shape index (κ2) is 7.64. The molecule has 176 valence electrons. The minimum Gasteiger partial charge on any atom is -0.135 e. The fourth-order valence-electron chi connectivity index (χ4n) is 6.43. The molecule has 1 aliphatic carbocycles. The Morgan fingerprint density at radius 1 is 0.289 bits per heavy atom. The summed E-state index contributed by atoms with van der Waals surface area (Å²) in [6, 6.07) is 45.1. The molecular formula is C36H20S2. The van der Waals surface area contributed by atoms with Crippen LogP contribution < -0.4 is 0 Å². The molecule has 0 saturated carbocycles. The summed E-state index contributed by atoms with van der Waals surface area (Å²) in [7, 11) is 0. The third kappa shape index (κ3) is 2.69. The fraction of sp³-hybridized carbons (Fsp3) is 0. The zero-order valence-electron chi connectivity index (χ0n) is 20.4. The molecule has 2 heteroatoms. The molecule has 9 rings (SSSR count). The van der Waals surface area contributed by atoms with Gasteiger partial charge in [0.2, 0.25) is 0 Å². The van der Waals surface area contributed by atoms with E-state index >= 15 is 0 Å². The Labute approximate surface area is 228 Å². The van der Waals surface area contributed by atoms with Gasteiger partial charge in [0.1, 0.15) is 0 Å². The smallest absolute Gasteiger partial charge is 0.0440 e. The monoisotopic (exact) mass is 516 g/mol. The highest BCUT2D eigenvalue weighted by Gasteiger charge is 2.27. The highest BCUT2D eigenvalue weighted by molar-refractivity contribution is 7.27. The van der Waals surface area contributed by atoms with Gasteiger partial charge in [-0.15, -0.1) is 22.7 Å². The van der Waals surface area contributed by atoms with E-state index in [9.17, 15) is 0 Å². The zero-order chi connectivity index (χ0) is 24.8. The zero-order valence-corrected chi connectivity index (χ0v) is 22.0. The summed E-state index contributed by atoms with van der Waals surface area (Å²) in [5.74, 6) is 0. The third-order valence-electron chi connectivity index (χ3n) is 8.07. The summed E-state index contributed by atoms with van der Waals surface area (Å²) in [6.45, 7) is 0. The van der Waals surface area contributed by atoms with Crippen molar-refractivity contribution < 1.29 is 0 Å². The van der Waals surface area contributed by atoms with Gasteiger partial charge in [-0.25, -0.2) is 0 Å². The van der Waals surface area contributed by atoms with Gasteiger partial charge in [0.05, 0.1) is 0 Å². The lowest BCUT2D eigenvalue weighted by atomic mass is 9.80. The highest BCUT2D eigenvalue weighted by Crippen LogP contribution is 2.55. The molecule has 0 radical (unpaired) electrons. The molecule has 0 atom stereocenters. The molecule has 0 saturated heterocycles. The van der Waals surface area contributed by atoms with Crippen molar-refractivity contribution in [1.82, 2.24) is 0 Å². The summed E-state index contributed by atoms with van der Waals surface area (Å²) in [5.41, 5.74) is 10.6. The topological polar surface area (TPSA) is 0 Å². The van der Waals surface area contributed by atoms with Gasteiger partial charge < -0.3 is 0 Å². The maximum absolute atomic E-state index is 2.37. The van der Waals surface area contributed by atoms with Crippen molar-refractivity contribution in [2.24, 2.45) is 0 Å². The summed E-state index contributed by atoms with van der Waals surface area (Å²) in [6.07, 6.45) is 0. The first-order valence-corrected chi connectivity index (χ1v) is 14.6. The van der Waals surface area contributed by atoms with Crippen molar-refractivity contribution in [3.63, 3.8) is 0 Å². The maximum Gasteiger partial charge on any atom is 0.0440 e. The lowest BCUT2D eigenvalue weighted by Crippen LogP contribution is -1.97. The van der Waals surface area contributed by atoms with Crippen LogP contribution in [-0.4, -0.2) is 0 Å². The number of fused-ring (bicyclic) bond motifs is 16. The Bertz CT molecular complexity index is 2080. The molecule has 6 aromatic carbocycles. The normalized spacial score (nSPS) is 12.2. The van der Waals surface area contributed by atoms with E-state index in [1.807, 2.05) is 22.7 Å². The summed E-state index contributed by atoms with van der Waals surface area (Å²) < 4.78 is 5.45. The molecule has 1 aliphatic rings. The minimum atomic E-state index is 1.30. The van der Waals surface area contributed by atoms with E-state index < -0.39 is 0 Å². The second-order valence-corrected chi connectivity index (χ2v) is 12.1. The molecule has 0 aliphatic heterocycles. The van der Waals surface area contributed by atoms with Crippen LogP contribution in [0.4, 0.5) is 0 Å². The number of rotatable bonds is 0. The van der Waals surface area contributed by atoms with Gasteiger partial charge in [-0.1, -0.05) is 109 Å². The molecule has 0 amide bonds. The van der Waals surface area contributed by atoms with Gasteiger partial charge in [0.25, 0.3) is 0 Å². The Balaban J connectivity index is 1.58. The molecule has 0 bridgehead atoms. The van der Waals surface area contributed by atoms with Gasteiger partial charge in [-0.3, -0.25) is 0 Å². The van der Waals surface area contributed by atoms with Gasteiger partial charge in [-0.2, -0.15) is 0 Å². The second-order valence-electron chi connectivity index (χ2n) is 10.0. The van der Waals surface area contributed by atoms with Crippen molar-refractivity contribution in [2.45, 2.75) is 0 Å². The van der Waals surface area contributed by atoms with E-state index in [0.717, 1.165) is 0 Å². The molecule has 2 aromatic heterocycles. The summed E-state index contributed by atoms with van der Waals surface area (Å²) in [4.78, 5) is 0. The lowest BCUT2D eigenvalue weighted by Gasteiger charge is -2.24. The molecule has 0 fully saturated rings. The molecule has 2 heterocycles. The van der Waals surface area contributed by atoms with Crippen LogP contribution in [0.5, 0.6) is 0 Å². The van der Waals surface area contributed by atoms with E-state index in [-0.39, 0.29) is 0 Å². The first-order valence-electron chi connectivity index (χ1n) is 12.9. The number of hydrogen-bond donors (Lipinski definition) is 0. The lowest BCUT2D eigenvalue weighted by molar-refractivity contribution is 1.56. The number of hydrogen-bond acceptors (Lipinski definition) is 2. The Morgan fingerprint density at radius 2 is 0.658 bits per heavy atom. The van der Waals surface area contributed by atoms with Crippen LogP contribution in [0.1, 0.15) is 0 Å². The first kappa shape index (κ1) is 20.8. The van der Waals surface area contributed by atoms with Crippen molar-refractivity contribution in [1.29, 1.82) is 0 Å². The predicted octanol–water partition coefficient (Wildman–Crippen LogP) is 11.4. The molecule has 38 heavy (non-hydrogen) atoms. The van der Waals surface area contributed by atoms with E-state index in [4.69, 9.17) is 0 Å². The molecule has 0 nitrogen and oxygen atoms in total. The van der Waals surface area contributed by atoms with Gasteiger partial charge in [-0.05, 0) is 45.5 Å². The van der Waals surface area contributed by atoms with Gasteiger partial charge >= 0.3 is 0 Å². The maximum atomic E-state index is 2.37. The van der Waals surface area contributed by atoms with E-state index in [2.05, 4.69) is 121 Å². The average Bonchev–Trinajstić information content (AvgIpc) is 3.54. The van der Waals surface area contributed by atoms with Gasteiger partial charge in [0, 0.05) is 51.5 Å². The number of thiophene rings is 2. The van der Waals surface area contributed by atoms with Crippen LogP contribution >= 0.6 is 22.7 Å². The van der Waals surface area contributed by atoms with Crippen LogP contribution in [0.3, 0.4) is 0 Å². The third-order valence-corrected chi connectivity index (χ3v) is 10.5. The average molecular weight is 517 g/mol. The first-order chi connectivity index (χ1) is 18.9. The van der Waals surface area contributed by atoms with Crippen LogP contribution in [0, 0.1) is 0 Å². The molecule has 0 unspecified atom stereocenters. The highest BCUT2D eigenvalue weighted by atomic mass is 32.1.